The molecule has 0 bridgehead atoms. The average molecular weight is 442 g/mol. The van der Waals surface area contributed by atoms with Crippen LogP contribution in [0.4, 0.5) is 5.00 Å². The van der Waals surface area contributed by atoms with Crippen molar-refractivity contribution in [3.8, 4) is 0 Å². The van der Waals surface area contributed by atoms with E-state index < -0.39 is 24.5 Å². The molecule has 1 aromatic carbocycles. The zero-order chi connectivity index (χ0) is 22.0. The first-order valence-electron chi connectivity index (χ1n) is 10.2. The van der Waals surface area contributed by atoms with Crippen LogP contribution in [0.2, 0.25) is 0 Å². The van der Waals surface area contributed by atoms with Crippen molar-refractivity contribution in [2.45, 2.75) is 33.1 Å². The van der Waals surface area contributed by atoms with Crippen molar-refractivity contribution in [2.75, 3.05) is 18.5 Å². The predicted octanol–water partition coefficient (Wildman–Crippen LogP) is 3.72. The number of hydrogen-bond acceptors (Lipinski definition) is 7. The van der Waals surface area contributed by atoms with Gasteiger partial charge in [-0.25, -0.2) is 14.6 Å². The molecule has 31 heavy (non-hydrogen) atoms. The van der Waals surface area contributed by atoms with E-state index in [9.17, 15) is 14.4 Å². The standard InChI is InChI=1S/C22H23N3O5S/c1-3-29-22(28)19-14-6-4-12(2)8-17(14)31-20(19)25-18(26)10-30-21(27)13-5-7-15-16(9-13)24-11-23-15/h5,7,9,11-12H,3-4,6,8,10H2,1-2H3,(H,23,24)(H,25,26). The summed E-state index contributed by atoms with van der Waals surface area (Å²) in [6.07, 6.45) is 4.17. The molecule has 1 aliphatic carbocycles. The molecule has 3 aromatic rings. The van der Waals surface area contributed by atoms with E-state index in [1.165, 1.54) is 17.7 Å². The van der Waals surface area contributed by atoms with Crippen LogP contribution in [-0.2, 0) is 27.1 Å². The fraction of sp³-hybridized carbons (Fsp3) is 0.364. The maximum atomic E-state index is 12.5. The number of carbonyl (C=O) groups excluding carboxylic acids is 3. The van der Waals surface area contributed by atoms with Gasteiger partial charge >= 0.3 is 11.9 Å². The lowest BCUT2D eigenvalue weighted by Crippen LogP contribution is -2.22. The number of nitrogens with one attached hydrogen (secondary N) is 2. The molecule has 0 radical (unpaired) electrons. The topological polar surface area (TPSA) is 110 Å². The second-order valence-corrected chi connectivity index (χ2v) is 8.64. The van der Waals surface area contributed by atoms with Gasteiger partial charge in [0.05, 0.1) is 35.1 Å². The molecule has 1 aliphatic rings. The quantitative estimate of drug-likeness (QED) is 0.564. The highest BCUT2D eigenvalue weighted by Gasteiger charge is 2.29. The summed E-state index contributed by atoms with van der Waals surface area (Å²) in [5.74, 6) is -1.03. The lowest BCUT2D eigenvalue weighted by atomic mass is 9.88. The van der Waals surface area contributed by atoms with Crippen molar-refractivity contribution in [3.63, 3.8) is 0 Å². The van der Waals surface area contributed by atoms with Gasteiger partial charge in [-0.15, -0.1) is 11.3 Å². The van der Waals surface area contributed by atoms with E-state index in [1.807, 2.05) is 0 Å². The fourth-order valence-corrected chi connectivity index (χ4v) is 5.11. The zero-order valence-corrected chi connectivity index (χ0v) is 18.1. The van der Waals surface area contributed by atoms with Crippen LogP contribution in [-0.4, -0.2) is 41.0 Å². The maximum absolute atomic E-state index is 12.5. The molecule has 2 aromatic heterocycles. The summed E-state index contributed by atoms with van der Waals surface area (Å²) in [5, 5.41) is 3.20. The van der Waals surface area contributed by atoms with E-state index >= 15 is 0 Å². The minimum atomic E-state index is -0.614. The van der Waals surface area contributed by atoms with E-state index in [0.29, 0.717) is 27.6 Å². The molecule has 9 heteroatoms. The summed E-state index contributed by atoms with van der Waals surface area (Å²) in [7, 11) is 0. The van der Waals surface area contributed by atoms with E-state index in [4.69, 9.17) is 9.47 Å². The molecule has 4 rings (SSSR count). The Morgan fingerprint density at radius 1 is 1.26 bits per heavy atom. The Kier molecular flexibility index (Phi) is 6.03. The second kappa shape index (κ2) is 8.89. The Morgan fingerprint density at radius 3 is 2.90 bits per heavy atom. The summed E-state index contributed by atoms with van der Waals surface area (Å²) in [5.41, 5.74) is 3.14. The number of H-pyrrole nitrogens is 1. The van der Waals surface area contributed by atoms with Gasteiger partial charge in [0, 0.05) is 4.88 Å². The predicted molar refractivity (Wildman–Crippen MR) is 116 cm³/mol. The lowest BCUT2D eigenvalue weighted by molar-refractivity contribution is -0.119. The van der Waals surface area contributed by atoms with E-state index in [0.717, 1.165) is 35.2 Å². The largest absolute Gasteiger partial charge is 0.462 e. The van der Waals surface area contributed by atoms with Crippen molar-refractivity contribution in [1.82, 2.24) is 9.97 Å². The number of carbonyl (C=O) groups is 3. The van der Waals surface area contributed by atoms with Gasteiger partial charge in [0.2, 0.25) is 0 Å². The van der Waals surface area contributed by atoms with Crippen molar-refractivity contribution in [3.05, 3.63) is 46.1 Å². The van der Waals surface area contributed by atoms with Crippen molar-refractivity contribution < 1.29 is 23.9 Å². The monoisotopic (exact) mass is 441 g/mol. The Hall–Kier alpha value is -3.20. The Bertz CT molecular complexity index is 1150. The van der Waals surface area contributed by atoms with Gasteiger partial charge in [0.1, 0.15) is 5.00 Å². The molecular formula is C22H23N3O5S. The molecule has 0 fully saturated rings. The van der Waals surface area contributed by atoms with Crippen LogP contribution in [0.3, 0.4) is 0 Å². The van der Waals surface area contributed by atoms with Crippen molar-refractivity contribution in [2.24, 2.45) is 5.92 Å². The third-order valence-electron chi connectivity index (χ3n) is 5.23. The van der Waals surface area contributed by atoms with Gasteiger partial charge < -0.3 is 19.8 Å². The van der Waals surface area contributed by atoms with Crippen molar-refractivity contribution >= 4 is 45.2 Å². The summed E-state index contributed by atoms with van der Waals surface area (Å²) in [6.45, 7) is 3.72. The van der Waals surface area contributed by atoms with E-state index in [1.54, 1.807) is 25.1 Å². The maximum Gasteiger partial charge on any atom is 0.341 e. The number of benzene rings is 1. The number of fused-ring (bicyclic) bond motifs is 2. The molecule has 1 atom stereocenters. The van der Waals surface area contributed by atoms with Gasteiger partial charge in [0.15, 0.2) is 6.61 Å². The Labute approximate surface area is 183 Å². The molecule has 2 N–H and O–H groups in total. The Balaban J connectivity index is 1.45. The van der Waals surface area contributed by atoms with Crippen LogP contribution >= 0.6 is 11.3 Å². The number of ether oxygens (including phenoxy) is 2. The first-order chi connectivity index (χ1) is 15.0. The number of imidazole rings is 1. The molecule has 0 aliphatic heterocycles. The van der Waals surface area contributed by atoms with Crippen LogP contribution in [0.15, 0.2) is 24.5 Å². The molecular weight excluding hydrogens is 418 g/mol. The van der Waals surface area contributed by atoms with Crippen LogP contribution in [0.5, 0.6) is 0 Å². The minimum Gasteiger partial charge on any atom is -0.462 e. The first-order valence-corrected chi connectivity index (χ1v) is 11.0. The average Bonchev–Trinajstić information content (AvgIpc) is 3.35. The van der Waals surface area contributed by atoms with Crippen LogP contribution < -0.4 is 5.32 Å². The number of aromatic amines is 1. The summed E-state index contributed by atoms with van der Waals surface area (Å²) in [4.78, 5) is 45.5. The van der Waals surface area contributed by atoms with Crippen molar-refractivity contribution in [1.29, 1.82) is 0 Å². The number of rotatable bonds is 6. The molecule has 0 spiro atoms. The highest BCUT2D eigenvalue weighted by atomic mass is 32.1. The van der Waals surface area contributed by atoms with Crippen LogP contribution in [0.1, 0.15) is 51.4 Å². The molecule has 0 saturated heterocycles. The number of thiophene rings is 1. The highest BCUT2D eigenvalue weighted by Crippen LogP contribution is 2.40. The molecule has 1 unspecified atom stereocenters. The third kappa shape index (κ3) is 4.46. The highest BCUT2D eigenvalue weighted by molar-refractivity contribution is 7.17. The van der Waals surface area contributed by atoms with E-state index in [2.05, 4.69) is 22.2 Å². The van der Waals surface area contributed by atoms with Crippen LogP contribution in [0, 0.1) is 5.92 Å². The molecule has 1 amide bonds. The van der Waals surface area contributed by atoms with Gasteiger partial charge in [-0.3, -0.25) is 4.79 Å². The Morgan fingerprint density at radius 2 is 2.10 bits per heavy atom. The number of aromatic nitrogens is 2. The van der Waals surface area contributed by atoms with E-state index in [-0.39, 0.29) is 6.61 Å². The zero-order valence-electron chi connectivity index (χ0n) is 17.3. The fourth-order valence-electron chi connectivity index (χ4n) is 3.70. The number of hydrogen-bond donors (Lipinski definition) is 2. The summed E-state index contributed by atoms with van der Waals surface area (Å²) >= 11 is 1.40. The minimum absolute atomic E-state index is 0.255. The number of nitrogens with zero attached hydrogens (tertiary/aromatic N) is 1. The van der Waals surface area contributed by atoms with Gasteiger partial charge in [-0.2, -0.15) is 0 Å². The smallest absolute Gasteiger partial charge is 0.341 e. The van der Waals surface area contributed by atoms with Gasteiger partial charge in [-0.1, -0.05) is 6.92 Å². The third-order valence-corrected chi connectivity index (χ3v) is 6.40. The van der Waals surface area contributed by atoms with Gasteiger partial charge in [-0.05, 0) is 55.9 Å². The summed E-state index contributed by atoms with van der Waals surface area (Å²) in [6, 6.07) is 4.91. The normalized spacial score (nSPS) is 15.4. The summed E-state index contributed by atoms with van der Waals surface area (Å²) < 4.78 is 10.4. The first kappa shape index (κ1) is 21.0. The SMILES string of the molecule is CCOC(=O)c1c(NC(=O)COC(=O)c2ccc3nc[nH]c3c2)sc2c1CCC(C)C2. The molecule has 162 valence electrons. The number of esters is 2. The molecule has 0 saturated carbocycles. The number of anilines is 1. The number of amides is 1. The molecule has 8 nitrogen and oxygen atoms in total. The van der Waals surface area contributed by atoms with Crippen LogP contribution in [0.25, 0.3) is 11.0 Å². The van der Waals surface area contributed by atoms with Gasteiger partial charge in [0.25, 0.3) is 5.91 Å². The molecule has 2 heterocycles. The lowest BCUT2D eigenvalue weighted by Gasteiger charge is -2.18. The second-order valence-electron chi connectivity index (χ2n) is 7.54.